The van der Waals surface area contributed by atoms with E-state index >= 15 is 0 Å². The minimum Gasteiger partial charge on any atom is -1.00 e. The molecule has 2 nitrogen and oxygen atoms in total. The van der Waals surface area contributed by atoms with Crippen LogP contribution in [0.25, 0.3) is 0 Å². The van der Waals surface area contributed by atoms with Crippen molar-refractivity contribution in [2.75, 3.05) is 0 Å². The fraction of sp³-hybridized carbons (Fsp3) is 0.125. The molecule has 1 aromatic carbocycles. The van der Waals surface area contributed by atoms with E-state index in [2.05, 4.69) is 0 Å². The molecule has 0 amide bonds. The molecule has 0 N–H and O–H groups in total. The van der Waals surface area contributed by atoms with Crippen LogP contribution in [-0.2, 0) is 4.79 Å². The molecule has 0 saturated carbocycles. The number of carbonyl (C=O) groups is 1. The first-order valence-corrected chi connectivity index (χ1v) is 3.98. The summed E-state index contributed by atoms with van der Waals surface area (Å²) < 4.78 is 4.77. The molecular formula is C8H7Cl2KO2. The maximum absolute atomic E-state index is 10.5. The van der Waals surface area contributed by atoms with Crippen molar-refractivity contribution >= 4 is 29.2 Å². The van der Waals surface area contributed by atoms with Gasteiger partial charge in [-0.3, -0.25) is 4.79 Å². The van der Waals surface area contributed by atoms with E-state index in [1.165, 1.54) is 13.0 Å². The zero-order valence-corrected chi connectivity index (χ0v) is 11.9. The number of rotatable bonds is 1. The van der Waals surface area contributed by atoms with Crippen LogP contribution in [0.3, 0.4) is 0 Å². The van der Waals surface area contributed by atoms with E-state index in [0.29, 0.717) is 15.8 Å². The van der Waals surface area contributed by atoms with Gasteiger partial charge in [0.05, 0.1) is 5.02 Å². The third kappa shape index (κ3) is 4.79. The van der Waals surface area contributed by atoms with E-state index in [9.17, 15) is 4.79 Å². The Morgan fingerprint density at radius 3 is 2.54 bits per heavy atom. The molecule has 1 aromatic rings. The predicted molar refractivity (Wildman–Crippen MR) is 48.9 cm³/mol. The van der Waals surface area contributed by atoms with Crippen molar-refractivity contribution < 1.29 is 62.3 Å². The van der Waals surface area contributed by atoms with Crippen molar-refractivity contribution in [3.05, 3.63) is 28.2 Å². The summed E-state index contributed by atoms with van der Waals surface area (Å²) in [7, 11) is 0. The van der Waals surface area contributed by atoms with Crippen molar-refractivity contribution in [1.82, 2.24) is 0 Å². The largest absolute Gasteiger partial charge is 1.00 e. The molecule has 0 radical (unpaired) electrons. The first-order valence-electron chi connectivity index (χ1n) is 3.23. The van der Waals surface area contributed by atoms with Gasteiger partial charge in [0.15, 0.2) is 0 Å². The summed E-state index contributed by atoms with van der Waals surface area (Å²) in [6.07, 6.45) is 0. The number of benzene rings is 1. The Bertz CT molecular complexity index is 320. The third-order valence-electron chi connectivity index (χ3n) is 1.15. The van der Waals surface area contributed by atoms with Gasteiger partial charge in [-0.15, -0.1) is 0 Å². The van der Waals surface area contributed by atoms with Gasteiger partial charge in [-0.1, -0.05) is 23.2 Å². The average Bonchev–Trinajstić information content (AvgIpc) is 1.94. The van der Waals surface area contributed by atoms with E-state index in [0.717, 1.165) is 0 Å². The molecule has 1 rings (SSSR count). The van der Waals surface area contributed by atoms with Crippen LogP contribution in [0.2, 0.25) is 10.0 Å². The Balaban J connectivity index is 0. The van der Waals surface area contributed by atoms with Crippen molar-refractivity contribution in [3.63, 3.8) is 0 Å². The smallest absolute Gasteiger partial charge is 1.00 e. The monoisotopic (exact) mass is 244 g/mol. The molecule has 0 heterocycles. The Kier molecular flexibility index (Phi) is 6.85. The Morgan fingerprint density at radius 2 is 2.08 bits per heavy atom. The average molecular weight is 245 g/mol. The van der Waals surface area contributed by atoms with Crippen LogP contribution >= 0.6 is 23.2 Å². The SMILES string of the molecule is CC(=O)Oc1ccc(Cl)cc1Cl.[H-].[K+]. The van der Waals surface area contributed by atoms with E-state index in [4.69, 9.17) is 27.9 Å². The second-order valence-electron chi connectivity index (χ2n) is 2.17. The van der Waals surface area contributed by atoms with Gasteiger partial charge in [0.25, 0.3) is 0 Å². The number of hydrogen-bond acceptors (Lipinski definition) is 2. The molecule has 66 valence electrons. The molecule has 0 unspecified atom stereocenters. The van der Waals surface area contributed by atoms with E-state index in [1.54, 1.807) is 12.1 Å². The molecule has 0 aliphatic rings. The summed E-state index contributed by atoms with van der Waals surface area (Å²) in [5, 5.41) is 0.841. The summed E-state index contributed by atoms with van der Waals surface area (Å²) in [5.74, 6) is -0.0761. The number of carbonyl (C=O) groups excluding carboxylic acids is 1. The molecule has 13 heavy (non-hydrogen) atoms. The van der Waals surface area contributed by atoms with Gasteiger partial charge in [-0.25, -0.2) is 0 Å². The van der Waals surface area contributed by atoms with Gasteiger partial charge in [-0.05, 0) is 18.2 Å². The van der Waals surface area contributed by atoms with Crippen LogP contribution in [0.5, 0.6) is 5.75 Å². The summed E-state index contributed by atoms with van der Waals surface area (Å²) in [4.78, 5) is 10.5. The second-order valence-corrected chi connectivity index (χ2v) is 3.01. The first-order chi connectivity index (χ1) is 5.59. The first kappa shape index (κ1) is 13.9. The Morgan fingerprint density at radius 1 is 1.46 bits per heavy atom. The molecule has 0 fully saturated rings. The number of esters is 1. The van der Waals surface area contributed by atoms with Crippen LogP contribution < -0.4 is 56.1 Å². The van der Waals surface area contributed by atoms with Crippen LogP contribution in [0.15, 0.2) is 18.2 Å². The zero-order valence-electron chi connectivity index (χ0n) is 8.30. The molecule has 0 atom stereocenters. The Labute approximate surface area is 130 Å². The van der Waals surface area contributed by atoms with Crippen molar-refractivity contribution in [2.45, 2.75) is 6.92 Å². The minimum absolute atomic E-state index is 0. The quantitative estimate of drug-likeness (QED) is 0.396. The number of ether oxygens (including phenoxy) is 1. The maximum Gasteiger partial charge on any atom is 1.00 e. The normalized spacial score (nSPS) is 8.85. The molecule has 0 saturated heterocycles. The van der Waals surface area contributed by atoms with Crippen LogP contribution in [-0.4, -0.2) is 5.97 Å². The van der Waals surface area contributed by atoms with Crippen molar-refractivity contribution in [1.29, 1.82) is 0 Å². The van der Waals surface area contributed by atoms with Crippen LogP contribution in [0.4, 0.5) is 0 Å². The topological polar surface area (TPSA) is 26.3 Å². The van der Waals surface area contributed by atoms with Gasteiger partial charge in [0.2, 0.25) is 0 Å². The predicted octanol–water partition coefficient (Wildman–Crippen LogP) is 0.0352. The molecule has 0 bridgehead atoms. The second kappa shape index (κ2) is 6.40. The van der Waals surface area contributed by atoms with Crippen molar-refractivity contribution in [2.24, 2.45) is 0 Å². The molecule has 0 aromatic heterocycles. The summed E-state index contributed by atoms with van der Waals surface area (Å²) >= 11 is 11.3. The van der Waals surface area contributed by atoms with E-state index in [-0.39, 0.29) is 52.8 Å². The van der Waals surface area contributed by atoms with Crippen molar-refractivity contribution in [3.8, 4) is 5.75 Å². The molecule has 0 aliphatic carbocycles. The standard InChI is InChI=1S/C8H6Cl2O2.K.H/c1-5(11)12-8-3-2-6(9)4-7(8)10;;/h2-4H,1H3;;/q;+1;-1. The molecule has 0 spiro atoms. The fourth-order valence-electron chi connectivity index (χ4n) is 0.713. The Hall–Kier alpha value is 0.906. The minimum atomic E-state index is -0.403. The zero-order chi connectivity index (χ0) is 9.14. The van der Waals surface area contributed by atoms with Gasteiger partial charge in [0, 0.05) is 11.9 Å². The molecule has 0 aliphatic heterocycles. The third-order valence-corrected chi connectivity index (χ3v) is 1.68. The van der Waals surface area contributed by atoms with E-state index < -0.39 is 5.97 Å². The number of halogens is 2. The molecular weight excluding hydrogens is 238 g/mol. The van der Waals surface area contributed by atoms with Gasteiger partial charge in [0.1, 0.15) is 5.75 Å². The van der Waals surface area contributed by atoms with Gasteiger partial charge < -0.3 is 6.16 Å². The maximum atomic E-state index is 10.5. The van der Waals surface area contributed by atoms with E-state index in [1.807, 2.05) is 0 Å². The van der Waals surface area contributed by atoms with Gasteiger partial charge >= 0.3 is 57.4 Å². The summed E-state index contributed by atoms with van der Waals surface area (Å²) in [6.45, 7) is 1.31. The summed E-state index contributed by atoms with van der Waals surface area (Å²) in [5.41, 5.74) is 0. The number of hydrogen-bond donors (Lipinski definition) is 0. The molecule has 5 heteroatoms. The van der Waals surface area contributed by atoms with Gasteiger partial charge in [-0.2, -0.15) is 0 Å². The van der Waals surface area contributed by atoms with Crippen LogP contribution in [0, 0.1) is 0 Å². The summed E-state index contributed by atoms with van der Waals surface area (Å²) in [6, 6.07) is 4.67. The fourth-order valence-corrected chi connectivity index (χ4v) is 1.16. The van der Waals surface area contributed by atoms with Crippen LogP contribution in [0.1, 0.15) is 8.35 Å².